The van der Waals surface area contributed by atoms with Crippen molar-refractivity contribution >= 4 is 46.5 Å². The Balaban J connectivity index is 1.46. The number of likely N-dealkylation sites (tertiary alicyclic amines) is 1. The van der Waals surface area contributed by atoms with Gasteiger partial charge in [0.2, 0.25) is 0 Å². The topological polar surface area (TPSA) is 53.6 Å². The first-order valence-corrected chi connectivity index (χ1v) is 13.6. The quantitative estimate of drug-likeness (QED) is 0.284. The number of amides is 2. The summed E-state index contributed by atoms with van der Waals surface area (Å²) in [6, 6.07) is 21.3. The Morgan fingerprint density at radius 2 is 1.73 bits per heavy atom. The average Bonchev–Trinajstić information content (AvgIpc) is 2.91. The summed E-state index contributed by atoms with van der Waals surface area (Å²) in [6.07, 6.45) is 2.14. The van der Waals surface area contributed by atoms with Gasteiger partial charge in [0.25, 0.3) is 0 Å². The van der Waals surface area contributed by atoms with Crippen LogP contribution in [0.3, 0.4) is 0 Å². The number of nitrogens with zero attached hydrogens (tertiary/aromatic N) is 1. The van der Waals surface area contributed by atoms with Crippen molar-refractivity contribution in [3.8, 4) is 11.1 Å². The smallest absolute Gasteiger partial charge is 0.319 e. The van der Waals surface area contributed by atoms with Crippen molar-refractivity contribution in [1.82, 2.24) is 10.2 Å². The molecule has 1 aliphatic heterocycles. The van der Waals surface area contributed by atoms with E-state index in [1.165, 1.54) is 5.56 Å². The van der Waals surface area contributed by atoms with Gasteiger partial charge in [-0.15, -0.1) is 0 Å². The molecule has 1 aliphatic rings. The predicted molar refractivity (Wildman–Crippen MR) is 154 cm³/mol. The number of ether oxygens (including phenoxy) is 1. The van der Waals surface area contributed by atoms with Crippen LogP contribution in [-0.2, 0) is 4.74 Å². The molecule has 0 aliphatic carbocycles. The zero-order valence-corrected chi connectivity index (χ0v) is 23.1. The van der Waals surface area contributed by atoms with Gasteiger partial charge < -0.3 is 20.3 Å². The van der Waals surface area contributed by atoms with Gasteiger partial charge in [-0.05, 0) is 78.9 Å². The zero-order valence-electron chi connectivity index (χ0n) is 20.9. The molecule has 0 bridgehead atoms. The van der Waals surface area contributed by atoms with E-state index in [1.807, 2.05) is 18.2 Å². The minimum absolute atomic E-state index is 0.192. The highest BCUT2D eigenvalue weighted by molar-refractivity contribution is 6.42. The number of hydrogen-bond donors (Lipinski definition) is 2. The minimum atomic E-state index is -0.267. The summed E-state index contributed by atoms with van der Waals surface area (Å²) in [4.78, 5) is 15.2. The van der Waals surface area contributed by atoms with E-state index in [0.717, 1.165) is 55.2 Å². The Hall–Kier alpha value is -2.28. The largest absolute Gasteiger partial charge is 0.383 e. The molecule has 0 radical (unpaired) electrons. The summed E-state index contributed by atoms with van der Waals surface area (Å²) < 4.78 is 5.25. The summed E-state index contributed by atoms with van der Waals surface area (Å²) in [5.41, 5.74) is 4.02. The highest BCUT2D eigenvalue weighted by atomic mass is 35.5. The van der Waals surface area contributed by atoms with Crippen LogP contribution in [0.15, 0.2) is 66.7 Å². The van der Waals surface area contributed by atoms with E-state index in [4.69, 9.17) is 39.5 Å². The maximum absolute atomic E-state index is 12.7. The van der Waals surface area contributed by atoms with E-state index >= 15 is 0 Å². The van der Waals surface area contributed by atoms with E-state index in [-0.39, 0.29) is 11.9 Å². The lowest BCUT2D eigenvalue weighted by Crippen LogP contribution is -2.40. The molecule has 3 aromatic carbocycles. The Morgan fingerprint density at radius 3 is 2.41 bits per heavy atom. The molecule has 196 valence electrons. The van der Waals surface area contributed by atoms with Crippen molar-refractivity contribution in [2.75, 3.05) is 45.2 Å². The van der Waals surface area contributed by atoms with Crippen molar-refractivity contribution in [2.24, 2.45) is 5.92 Å². The molecule has 1 heterocycles. The number of methoxy groups -OCH3 is 1. The molecule has 4 rings (SSSR count). The van der Waals surface area contributed by atoms with E-state index in [2.05, 4.69) is 45.9 Å². The molecular weight excluding hydrogens is 529 g/mol. The first-order valence-electron chi connectivity index (χ1n) is 12.5. The van der Waals surface area contributed by atoms with E-state index < -0.39 is 0 Å². The van der Waals surface area contributed by atoms with Gasteiger partial charge in [0.15, 0.2) is 0 Å². The second-order valence-electron chi connectivity index (χ2n) is 9.37. The van der Waals surface area contributed by atoms with Gasteiger partial charge in [0, 0.05) is 36.8 Å². The number of carbonyl (C=O) groups excluding carboxylic acids is 1. The van der Waals surface area contributed by atoms with Crippen molar-refractivity contribution in [3.63, 3.8) is 0 Å². The molecule has 0 spiro atoms. The van der Waals surface area contributed by atoms with Crippen LogP contribution < -0.4 is 10.6 Å². The second-order valence-corrected chi connectivity index (χ2v) is 10.6. The molecule has 2 N–H and O–H groups in total. The van der Waals surface area contributed by atoms with Gasteiger partial charge in [-0.1, -0.05) is 71.2 Å². The molecule has 1 saturated heterocycles. The van der Waals surface area contributed by atoms with E-state index in [9.17, 15) is 4.79 Å². The maximum atomic E-state index is 12.7. The van der Waals surface area contributed by atoms with Crippen molar-refractivity contribution in [1.29, 1.82) is 0 Å². The summed E-state index contributed by atoms with van der Waals surface area (Å²) >= 11 is 18.3. The number of hydrogen-bond acceptors (Lipinski definition) is 3. The lowest BCUT2D eigenvalue weighted by Gasteiger charge is -2.36. The third kappa shape index (κ3) is 7.86. The second kappa shape index (κ2) is 13.5. The first-order chi connectivity index (χ1) is 17.9. The fraction of sp³-hybridized carbons (Fsp3) is 0.345. The molecule has 1 unspecified atom stereocenters. The van der Waals surface area contributed by atoms with Crippen LogP contribution in [0.25, 0.3) is 11.1 Å². The standard InChI is InChI=1S/C29H32Cl3N3O2/c1-37-16-15-35-13-11-22(12-14-35)26(19-33-29(36)34-25-9-10-27(31)28(32)18-25)21-7-5-20(6-8-21)23-3-2-4-24(30)17-23/h2-10,17-18,22,26H,11-16,19H2,1H3,(H2,33,34,36). The molecule has 2 amide bonds. The number of carbonyl (C=O) groups is 1. The summed E-state index contributed by atoms with van der Waals surface area (Å²) in [5, 5.41) is 7.51. The lowest BCUT2D eigenvalue weighted by atomic mass is 9.79. The summed E-state index contributed by atoms with van der Waals surface area (Å²) in [5.74, 6) is 0.652. The molecule has 0 aromatic heterocycles. The van der Waals surface area contributed by atoms with Gasteiger partial charge in [0.05, 0.1) is 16.7 Å². The Kier molecular flexibility index (Phi) is 10.1. The molecule has 8 heteroatoms. The van der Waals surface area contributed by atoms with Crippen LogP contribution in [0, 0.1) is 5.92 Å². The number of rotatable bonds is 9. The van der Waals surface area contributed by atoms with Crippen LogP contribution in [0.2, 0.25) is 15.1 Å². The fourth-order valence-electron chi connectivity index (χ4n) is 4.90. The van der Waals surface area contributed by atoms with Crippen LogP contribution in [0.4, 0.5) is 10.5 Å². The fourth-order valence-corrected chi connectivity index (χ4v) is 5.39. The monoisotopic (exact) mass is 559 g/mol. The Morgan fingerprint density at radius 1 is 0.973 bits per heavy atom. The minimum Gasteiger partial charge on any atom is -0.383 e. The molecule has 1 fully saturated rings. The average molecular weight is 561 g/mol. The molecule has 37 heavy (non-hydrogen) atoms. The normalized spacial score (nSPS) is 15.4. The van der Waals surface area contributed by atoms with Crippen LogP contribution in [0.1, 0.15) is 24.3 Å². The summed E-state index contributed by atoms with van der Waals surface area (Å²) in [6.45, 7) is 4.29. The number of nitrogens with one attached hydrogen (secondary N) is 2. The number of anilines is 1. The van der Waals surface area contributed by atoms with E-state index in [0.29, 0.717) is 28.2 Å². The van der Waals surface area contributed by atoms with Gasteiger partial charge in [-0.3, -0.25) is 0 Å². The third-order valence-electron chi connectivity index (χ3n) is 6.97. The highest BCUT2D eigenvalue weighted by Gasteiger charge is 2.28. The number of piperidine rings is 1. The lowest BCUT2D eigenvalue weighted by molar-refractivity contribution is 0.114. The predicted octanol–water partition coefficient (Wildman–Crippen LogP) is 7.58. The van der Waals surface area contributed by atoms with Crippen LogP contribution in [-0.4, -0.2) is 50.8 Å². The number of urea groups is 1. The molecule has 1 atom stereocenters. The Labute approximate surface area is 234 Å². The van der Waals surface area contributed by atoms with Crippen molar-refractivity contribution < 1.29 is 9.53 Å². The van der Waals surface area contributed by atoms with Crippen molar-refractivity contribution in [2.45, 2.75) is 18.8 Å². The molecular formula is C29H32Cl3N3O2. The molecule has 3 aromatic rings. The van der Waals surface area contributed by atoms with E-state index in [1.54, 1.807) is 25.3 Å². The van der Waals surface area contributed by atoms with Gasteiger partial charge in [0.1, 0.15) is 0 Å². The SMILES string of the molecule is COCCN1CCC(C(CNC(=O)Nc2ccc(Cl)c(Cl)c2)c2ccc(-c3cccc(Cl)c3)cc2)CC1. The van der Waals surface area contributed by atoms with Crippen molar-refractivity contribution in [3.05, 3.63) is 87.4 Å². The highest BCUT2D eigenvalue weighted by Crippen LogP contribution is 2.34. The Bertz CT molecular complexity index is 1180. The third-order valence-corrected chi connectivity index (χ3v) is 7.94. The van der Waals surface area contributed by atoms with Crippen LogP contribution >= 0.6 is 34.8 Å². The molecule has 5 nitrogen and oxygen atoms in total. The van der Waals surface area contributed by atoms with Crippen LogP contribution in [0.5, 0.6) is 0 Å². The zero-order chi connectivity index (χ0) is 26.2. The summed E-state index contributed by atoms with van der Waals surface area (Å²) in [7, 11) is 1.74. The van der Waals surface area contributed by atoms with Gasteiger partial charge in [-0.25, -0.2) is 4.79 Å². The first kappa shape index (κ1) is 27.7. The van der Waals surface area contributed by atoms with Gasteiger partial charge >= 0.3 is 6.03 Å². The number of benzene rings is 3. The maximum Gasteiger partial charge on any atom is 0.319 e. The molecule has 0 saturated carbocycles. The van der Waals surface area contributed by atoms with Gasteiger partial charge in [-0.2, -0.15) is 0 Å². The number of halogens is 3.